The average Bonchev–Trinajstić information content (AvgIpc) is 3.05. The van der Waals surface area contributed by atoms with Crippen molar-refractivity contribution in [3.05, 3.63) is 58.2 Å². The maximum atomic E-state index is 13.5. The summed E-state index contributed by atoms with van der Waals surface area (Å²) in [5.41, 5.74) is 1.80. The highest BCUT2D eigenvalue weighted by Gasteiger charge is 2.34. The highest BCUT2D eigenvalue weighted by molar-refractivity contribution is 7.21. The summed E-state index contributed by atoms with van der Waals surface area (Å²) in [5, 5.41) is 1.99. The smallest absolute Gasteiger partial charge is 0.264 e. The number of carbonyl (C=O) groups is 1. The minimum Gasteiger partial charge on any atom is -0.331 e. The average molecular weight is 371 g/mol. The van der Waals surface area contributed by atoms with Gasteiger partial charge in [-0.25, -0.2) is 9.37 Å². The summed E-state index contributed by atoms with van der Waals surface area (Å²) < 4.78 is 15.5. The number of halogens is 1. The van der Waals surface area contributed by atoms with Crippen LogP contribution < -0.4 is 0 Å². The number of hydrogen-bond donors (Lipinski definition) is 0. The van der Waals surface area contributed by atoms with Gasteiger partial charge in [-0.2, -0.15) is 0 Å². The molecule has 0 bridgehead atoms. The SMILES string of the molecule is O=C(c1cc2c(nc3sccn32)s1)N(Cc1cccc(F)c1)C1CC1. The first-order chi connectivity index (χ1) is 12.2. The van der Waals surface area contributed by atoms with Crippen molar-refractivity contribution in [3.63, 3.8) is 0 Å². The zero-order valence-corrected chi connectivity index (χ0v) is 14.8. The molecule has 1 aliphatic rings. The van der Waals surface area contributed by atoms with Gasteiger partial charge in [0.25, 0.3) is 5.91 Å². The maximum Gasteiger partial charge on any atom is 0.264 e. The van der Waals surface area contributed by atoms with Crippen molar-refractivity contribution in [1.29, 1.82) is 0 Å². The van der Waals surface area contributed by atoms with Crippen molar-refractivity contribution in [3.8, 4) is 0 Å². The Balaban J connectivity index is 1.48. The molecule has 0 saturated heterocycles. The lowest BCUT2D eigenvalue weighted by Gasteiger charge is -2.22. The van der Waals surface area contributed by atoms with Gasteiger partial charge < -0.3 is 4.90 Å². The van der Waals surface area contributed by atoms with E-state index in [0.717, 1.165) is 33.7 Å². The number of imidazole rings is 1. The second-order valence-corrected chi connectivity index (χ2v) is 8.17. The van der Waals surface area contributed by atoms with Crippen LogP contribution in [0.5, 0.6) is 0 Å². The molecule has 5 rings (SSSR count). The molecule has 25 heavy (non-hydrogen) atoms. The number of benzene rings is 1. The molecule has 7 heteroatoms. The summed E-state index contributed by atoms with van der Waals surface area (Å²) in [6.45, 7) is 0.442. The Hall–Kier alpha value is -2.25. The normalized spacial score (nSPS) is 14.4. The number of carbonyl (C=O) groups excluding carboxylic acids is 1. The monoisotopic (exact) mass is 371 g/mol. The molecule has 1 amide bonds. The van der Waals surface area contributed by atoms with E-state index >= 15 is 0 Å². The largest absolute Gasteiger partial charge is 0.331 e. The molecule has 1 fully saturated rings. The molecule has 0 spiro atoms. The van der Waals surface area contributed by atoms with Crippen LogP contribution in [0.2, 0.25) is 0 Å². The van der Waals surface area contributed by atoms with Crippen LogP contribution in [-0.2, 0) is 6.54 Å². The predicted molar refractivity (Wildman–Crippen MR) is 97.7 cm³/mol. The van der Waals surface area contributed by atoms with Crippen LogP contribution >= 0.6 is 22.7 Å². The molecular weight excluding hydrogens is 357 g/mol. The van der Waals surface area contributed by atoms with Gasteiger partial charge in [0.2, 0.25) is 0 Å². The van der Waals surface area contributed by atoms with E-state index in [2.05, 4.69) is 4.98 Å². The van der Waals surface area contributed by atoms with Gasteiger partial charge in [0.15, 0.2) is 4.96 Å². The summed E-state index contributed by atoms with van der Waals surface area (Å²) in [4.78, 5) is 22.0. The quantitative estimate of drug-likeness (QED) is 0.528. The molecule has 126 valence electrons. The van der Waals surface area contributed by atoms with Gasteiger partial charge in [0.05, 0.1) is 10.4 Å². The minimum absolute atomic E-state index is 0.0127. The van der Waals surface area contributed by atoms with E-state index < -0.39 is 0 Å². The molecule has 0 aliphatic heterocycles. The number of hydrogen-bond acceptors (Lipinski definition) is 4. The third-order valence-corrected chi connectivity index (χ3v) is 6.20. The minimum atomic E-state index is -0.268. The molecule has 1 saturated carbocycles. The highest BCUT2D eigenvalue weighted by Crippen LogP contribution is 2.33. The van der Waals surface area contributed by atoms with Crippen LogP contribution in [0.25, 0.3) is 15.3 Å². The summed E-state index contributed by atoms with van der Waals surface area (Å²) in [6.07, 6.45) is 4.00. The Morgan fingerprint density at radius 2 is 2.24 bits per heavy atom. The molecule has 0 N–H and O–H groups in total. The zero-order chi connectivity index (χ0) is 17.0. The van der Waals surface area contributed by atoms with Crippen LogP contribution in [0.15, 0.2) is 41.9 Å². The zero-order valence-electron chi connectivity index (χ0n) is 13.2. The highest BCUT2D eigenvalue weighted by atomic mass is 32.1. The van der Waals surface area contributed by atoms with E-state index in [9.17, 15) is 9.18 Å². The lowest BCUT2D eigenvalue weighted by Crippen LogP contribution is -2.32. The van der Waals surface area contributed by atoms with E-state index in [-0.39, 0.29) is 17.8 Å². The molecule has 4 nitrogen and oxygen atoms in total. The lowest BCUT2D eigenvalue weighted by molar-refractivity contribution is 0.0734. The summed E-state index contributed by atoms with van der Waals surface area (Å²) in [5.74, 6) is -0.255. The van der Waals surface area contributed by atoms with Gasteiger partial charge in [-0.15, -0.1) is 22.7 Å². The molecule has 4 aromatic rings. The fourth-order valence-electron chi connectivity index (χ4n) is 3.08. The molecule has 0 unspecified atom stereocenters. The van der Waals surface area contributed by atoms with Crippen LogP contribution in [0.4, 0.5) is 4.39 Å². The van der Waals surface area contributed by atoms with E-state index in [1.165, 1.54) is 23.5 Å². The first-order valence-electron chi connectivity index (χ1n) is 8.09. The van der Waals surface area contributed by atoms with E-state index in [1.54, 1.807) is 17.4 Å². The van der Waals surface area contributed by atoms with E-state index in [1.807, 2.05) is 33.0 Å². The second kappa shape index (κ2) is 5.64. The molecule has 3 aromatic heterocycles. The maximum absolute atomic E-state index is 13.5. The Labute approximate surface area is 151 Å². The van der Waals surface area contributed by atoms with Crippen molar-refractivity contribution in [2.75, 3.05) is 0 Å². The van der Waals surface area contributed by atoms with Crippen molar-refractivity contribution in [1.82, 2.24) is 14.3 Å². The fraction of sp³-hybridized carbons (Fsp3) is 0.222. The van der Waals surface area contributed by atoms with E-state index in [0.29, 0.717) is 11.4 Å². The van der Waals surface area contributed by atoms with Crippen LogP contribution in [0, 0.1) is 5.82 Å². The number of aromatic nitrogens is 2. The van der Waals surface area contributed by atoms with Gasteiger partial charge in [-0.1, -0.05) is 12.1 Å². The topological polar surface area (TPSA) is 37.6 Å². The lowest BCUT2D eigenvalue weighted by atomic mass is 10.2. The van der Waals surface area contributed by atoms with Crippen molar-refractivity contribution in [2.24, 2.45) is 0 Å². The number of thiophene rings is 1. The molecular formula is C18H14FN3OS2. The van der Waals surface area contributed by atoms with Gasteiger partial charge in [0, 0.05) is 24.2 Å². The van der Waals surface area contributed by atoms with Crippen LogP contribution in [0.3, 0.4) is 0 Å². The van der Waals surface area contributed by atoms with Crippen molar-refractivity contribution in [2.45, 2.75) is 25.4 Å². The summed E-state index contributed by atoms with van der Waals surface area (Å²) in [6, 6.07) is 8.66. The first-order valence-corrected chi connectivity index (χ1v) is 9.79. The number of thiazole rings is 1. The number of amides is 1. The predicted octanol–water partition coefficient (Wildman–Crippen LogP) is 4.55. The summed E-state index contributed by atoms with van der Waals surface area (Å²) in [7, 11) is 0. The van der Waals surface area contributed by atoms with Gasteiger partial charge in [-0.05, 0) is 36.6 Å². The van der Waals surface area contributed by atoms with Crippen LogP contribution in [0.1, 0.15) is 28.1 Å². The number of fused-ring (bicyclic) bond motifs is 3. The Morgan fingerprint density at radius 3 is 3.04 bits per heavy atom. The molecule has 3 heterocycles. The van der Waals surface area contributed by atoms with Gasteiger partial charge >= 0.3 is 0 Å². The Bertz CT molecular complexity index is 1090. The first kappa shape index (κ1) is 15.0. The molecule has 0 radical (unpaired) electrons. The Kier molecular flexibility index (Phi) is 3.39. The fourth-order valence-corrected chi connectivity index (χ4v) is 4.84. The van der Waals surface area contributed by atoms with Crippen LogP contribution in [-0.4, -0.2) is 26.2 Å². The van der Waals surface area contributed by atoms with Crippen molar-refractivity contribution >= 4 is 43.9 Å². The van der Waals surface area contributed by atoms with Gasteiger partial charge in [0.1, 0.15) is 10.6 Å². The second-order valence-electron chi connectivity index (χ2n) is 6.26. The Morgan fingerprint density at radius 1 is 1.36 bits per heavy atom. The molecule has 1 aromatic carbocycles. The standard InChI is InChI=1S/C18H14FN3OS2/c19-12-3-1-2-11(8-12)10-22(13-4-5-13)17(23)15-9-14-16(25-15)20-18-21(14)6-7-24-18/h1-3,6-9,13H,4-5,10H2. The third-order valence-electron chi connectivity index (χ3n) is 4.44. The van der Waals surface area contributed by atoms with E-state index in [4.69, 9.17) is 0 Å². The van der Waals surface area contributed by atoms with Crippen molar-refractivity contribution < 1.29 is 9.18 Å². The third kappa shape index (κ3) is 2.63. The number of rotatable bonds is 4. The van der Waals surface area contributed by atoms with Gasteiger partial charge in [-0.3, -0.25) is 9.20 Å². The number of nitrogens with zero attached hydrogens (tertiary/aromatic N) is 3. The summed E-state index contributed by atoms with van der Waals surface area (Å²) >= 11 is 3.02. The molecule has 1 aliphatic carbocycles. The molecule has 0 atom stereocenters.